The molecule has 0 aliphatic rings. The van der Waals surface area contributed by atoms with Crippen LogP contribution in [-0.4, -0.2) is 17.5 Å². The minimum absolute atomic E-state index is 0.0590. The van der Waals surface area contributed by atoms with Gasteiger partial charge in [0.2, 0.25) is 0 Å². The van der Waals surface area contributed by atoms with Gasteiger partial charge in [-0.3, -0.25) is 4.79 Å². The Bertz CT molecular complexity index is 430. The number of halogens is 5. The van der Waals surface area contributed by atoms with Crippen molar-refractivity contribution in [3.8, 4) is 5.75 Å². The van der Waals surface area contributed by atoms with Crippen LogP contribution < -0.4 is 4.74 Å². The Labute approximate surface area is 105 Å². The van der Waals surface area contributed by atoms with E-state index in [2.05, 4.69) is 4.74 Å². The van der Waals surface area contributed by atoms with Gasteiger partial charge in [0.1, 0.15) is 5.75 Å². The molecule has 0 radical (unpaired) electrons. The summed E-state index contributed by atoms with van der Waals surface area (Å²) in [6.07, 6.45) is -4.80. The third-order valence-corrected chi connectivity index (χ3v) is 2.31. The number of rotatable bonds is 3. The van der Waals surface area contributed by atoms with E-state index in [4.69, 9.17) is 23.2 Å². The molecule has 0 aromatic heterocycles. The van der Waals surface area contributed by atoms with Crippen LogP contribution in [0.5, 0.6) is 5.75 Å². The second-order valence-corrected chi connectivity index (χ2v) is 4.23. The maximum Gasteiger partial charge on any atom is 0.573 e. The Balaban J connectivity index is 2.98. The summed E-state index contributed by atoms with van der Waals surface area (Å²) in [4.78, 5) is 11.5. The van der Waals surface area contributed by atoms with E-state index in [9.17, 15) is 18.0 Å². The summed E-state index contributed by atoms with van der Waals surface area (Å²) < 4.78 is 39.4. The van der Waals surface area contributed by atoms with E-state index in [0.29, 0.717) is 0 Å². The molecule has 1 rings (SSSR count). The molecule has 0 saturated heterocycles. The van der Waals surface area contributed by atoms with Crippen molar-refractivity contribution < 1.29 is 22.7 Å². The predicted molar refractivity (Wildman–Crippen MR) is 57.8 cm³/mol. The quantitative estimate of drug-likeness (QED) is 0.619. The summed E-state index contributed by atoms with van der Waals surface area (Å²) in [7, 11) is 0. The van der Waals surface area contributed by atoms with Crippen molar-refractivity contribution >= 4 is 29.0 Å². The summed E-state index contributed by atoms with van der Waals surface area (Å²) in [5, 5.41) is -0.939. The van der Waals surface area contributed by atoms with Gasteiger partial charge in [-0.1, -0.05) is 11.6 Å². The van der Waals surface area contributed by atoms with Gasteiger partial charge in [-0.2, -0.15) is 0 Å². The normalized spacial score (nSPS) is 13.3. The topological polar surface area (TPSA) is 26.3 Å². The van der Waals surface area contributed by atoms with Gasteiger partial charge in [0.15, 0.2) is 5.78 Å². The SMILES string of the molecule is CC(Cl)C(=O)c1ccc(OC(F)(F)F)cc1Cl. The van der Waals surface area contributed by atoms with Crippen LogP contribution in [0.15, 0.2) is 18.2 Å². The van der Waals surface area contributed by atoms with Crippen molar-refractivity contribution in [1.82, 2.24) is 0 Å². The van der Waals surface area contributed by atoms with E-state index in [-0.39, 0.29) is 10.6 Å². The maximum atomic E-state index is 11.9. The average molecular weight is 287 g/mol. The number of benzene rings is 1. The maximum absolute atomic E-state index is 11.9. The minimum atomic E-state index is -4.80. The first kappa shape index (κ1) is 14.1. The summed E-state index contributed by atoms with van der Waals surface area (Å²) in [5.74, 6) is -0.948. The first-order chi connectivity index (χ1) is 7.70. The van der Waals surface area contributed by atoms with Crippen LogP contribution in [0.2, 0.25) is 5.02 Å². The van der Waals surface area contributed by atoms with E-state index in [1.807, 2.05) is 0 Å². The third kappa shape index (κ3) is 4.09. The molecule has 0 spiro atoms. The molecule has 0 aliphatic carbocycles. The van der Waals surface area contributed by atoms with Crippen molar-refractivity contribution in [2.24, 2.45) is 0 Å². The van der Waals surface area contributed by atoms with Crippen LogP contribution in [0.4, 0.5) is 13.2 Å². The van der Waals surface area contributed by atoms with Crippen LogP contribution in [-0.2, 0) is 0 Å². The van der Waals surface area contributed by atoms with Crippen LogP contribution in [0.1, 0.15) is 17.3 Å². The first-order valence-corrected chi connectivity index (χ1v) is 5.25. The van der Waals surface area contributed by atoms with Crippen molar-refractivity contribution in [3.63, 3.8) is 0 Å². The lowest BCUT2D eigenvalue weighted by atomic mass is 10.1. The number of alkyl halides is 4. The highest BCUT2D eigenvalue weighted by molar-refractivity contribution is 6.38. The molecule has 1 aromatic carbocycles. The molecular formula is C10H7Cl2F3O2. The Morgan fingerprint density at radius 2 is 2.00 bits per heavy atom. The zero-order valence-electron chi connectivity index (χ0n) is 8.52. The number of ether oxygens (including phenoxy) is 1. The van der Waals surface area contributed by atoms with Crippen molar-refractivity contribution in [2.45, 2.75) is 18.7 Å². The van der Waals surface area contributed by atoms with Crippen molar-refractivity contribution in [3.05, 3.63) is 28.8 Å². The molecular weight excluding hydrogens is 280 g/mol. The molecule has 94 valence electrons. The minimum Gasteiger partial charge on any atom is -0.406 e. The van der Waals surface area contributed by atoms with Crippen LogP contribution >= 0.6 is 23.2 Å². The molecule has 0 amide bonds. The molecule has 0 saturated carbocycles. The van der Waals surface area contributed by atoms with E-state index >= 15 is 0 Å². The molecule has 0 fully saturated rings. The Kier molecular flexibility index (Phi) is 4.27. The summed E-state index contributed by atoms with van der Waals surface area (Å²) in [6, 6.07) is 3.07. The van der Waals surface area contributed by atoms with Crippen molar-refractivity contribution in [2.75, 3.05) is 0 Å². The lowest BCUT2D eigenvalue weighted by Gasteiger charge is -2.10. The number of ketones is 1. The molecule has 1 aromatic rings. The zero-order chi connectivity index (χ0) is 13.2. The monoisotopic (exact) mass is 286 g/mol. The molecule has 0 aliphatic heterocycles. The number of carbonyl (C=O) groups excluding carboxylic acids is 1. The standard InChI is InChI=1S/C10H7Cl2F3O2/c1-5(11)9(16)7-3-2-6(4-8(7)12)17-10(13,14)15/h2-5H,1H3. The van der Waals surface area contributed by atoms with E-state index in [1.165, 1.54) is 6.92 Å². The fourth-order valence-corrected chi connectivity index (χ4v) is 1.49. The summed E-state index contributed by atoms with van der Waals surface area (Å²) in [6.45, 7) is 1.44. The fourth-order valence-electron chi connectivity index (χ4n) is 1.11. The number of hydrogen-bond donors (Lipinski definition) is 0. The zero-order valence-corrected chi connectivity index (χ0v) is 10.0. The highest BCUT2D eigenvalue weighted by Crippen LogP contribution is 2.28. The molecule has 0 bridgehead atoms. The Morgan fingerprint density at radius 1 is 1.41 bits per heavy atom. The van der Waals surface area contributed by atoms with Crippen LogP contribution in [0, 0.1) is 0 Å². The van der Waals surface area contributed by atoms with Gasteiger partial charge >= 0.3 is 6.36 Å². The summed E-state index contributed by atoms with van der Waals surface area (Å²) >= 11 is 11.2. The van der Waals surface area contributed by atoms with Gasteiger partial charge in [-0.15, -0.1) is 24.8 Å². The largest absolute Gasteiger partial charge is 0.573 e. The first-order valence-electron chi connectivity index (χ1n) is 4.44. The second kappa shape index (κ2) is 5.14. The third-order valence-electron chi connectivity index (χ3n) is 1.80. The molecule has 0 N–H and O–H groups in total. The molecule has 7 heteroatoms. The molecule has 17 heavy (non-hydrogen) atoms. The van der Waals surface area contributed by atoms with Gasteiger partial charge in [0, 0.05) is 5.56 Å². The Hall–Kier alpha value is -0.940. The smallest absolute Gasteiger partial charge is 0.406 e. The number of Topliss-reactive ketones (excluding diaryl/α,β-unsaturated/α-hetero) is 1. The summed E-state index contributed by atoms with van der Waals surface area (Å²) in [5.41, 5.74) is 0.0590. The van der Waals surface area contributed by atoms with Crippen LogP contribution in [0.25, 0.3) is 0 Å². The second-order valence-electron chi connectivity index (χ2n) is 3.17. The van der Waals surface area contributed by atoms with Gasteiger partial charge in [0.25, 0.3) is 0 Å². The molecule has 1 unspecified atom stereocenters. The predicted octanol–water partition coefficient (Wildman–Crippen LogP) is 4.05. The van der Waals surface area contributed by atoms with E-state index < -0.39 is 23.3 Å². The van der Waals surface area contributed by atoms with E-state index in [1.54, 1.807) is 0 Å². The highest BCUT2D eigenvalue weighted by Gasteiger charge is 2.31. The van der Waals surface area contributed by atoms with Gasteiger partial charge < -0.3 is 4.74 Å². The van der Waals surface area contributed by atoms with Crippen molar-refractivity contribution in [1.29, 1.82) is 0 Å². The number of carbonyl (C=O) groups is 1. The fraction of sp³-hybridized carbons (Fsp3) is 0.300. The highest BCUT2D eigenvalue weighted by atomic mass is 35.5. The van der Waals surface area contributed by atoms with Gasteiger partial charge in [-0.05, 0) is 25.1 Å². The lowest BCUT2D eigenvalue weighted by Crippen LogP contribution is -2.17. The van der Waals surface area contributed by atoms with Crippen LogP contribution in [0.3, 0.4) is 0 Å². The Morgan fingerprint density at radius 3 is 2.41 bits per heavy atom. The molecule has 2 nitrogen and oxygen atoms in total. The van der Waals surface area contributed by atoms with E-state index in [0.717, 1.165) is 18.2 Å². The molecule has 0 heterocycles. The lowest BCUT2D eigenvalue weighted by molar-refractivity contribution is -0.274. The number of hydrogen-bond acceptors (Lipinski definition) is 2. The van der Waals surface area contributed by atoms with Gasteiger partial charge in [-0.25, -0.2) is 0 Å². The van der Waals surface area contributed by atoms with Gasteiger partial charge in [0.05, 0.1) is 10.4 Å². The molecule has 1 atom stereocenters. The average Bonchev–Trinajstić information content (AvgIpc) is 2.14.